The minimum Gasteiger partial charge on any atom is -0.489 e. The van der Waals surface area contributed by atoms with Crippen LogP contribution in [0.5, 0.6) is 5.75 Å². The fraction of sp³-hybridized carbons (Fsp3) is 0.250. The monoisotopic (exact) mass is 258 g/mol. The maximum Gasteiger partial charge on any atom is 0.123 e. The van der Waals surface area contributed by atoms with E-state index in [1.54, 1.807) is 12.1 Å². The largest absolute Gasteiger partial charge is 0.489 e. The van der Waals surface area contributed by atoms with E-state index in [4.69, 9.17) is 4.74 Å². The highest BCUT2D eigenvalue weighted by Gasteiger charge is 2.20. The molecule has 1 atom stereocenters. The highest BCUT2D eigenvalue weighted by molar-refractivity contribution is 5.40. The van der Waals surface area contributed by atoms with Gasteiger partial charge in [-0.15, -0.1) is 0 Å². The van der Waals surface area contributed by atoms with Crippen LogP contribution < -0.4 is 4.74 Å². The lowest BCUT2D eigenvalue weighted by Gasteiger charge is -2.09. The molecule has 0 spiro atoms. The van der Waals surface area contributed by atoms with Gasteiger partial charge in [0, 0.05) is 0 Å². The summed E-state index contributed by atoms with van der Waals surface area (Å²) in [5.74, 6) is 0.549. The quantitative estimate of drug-likeness (QED) is 0.914. The molecule has 2 aromatic rings. The summed E-state index contributed by atoms with van der Waals surface area (Å²) in [6, 6.07) is 12.1. The lowest BCUT2D eigenvalue weighted by atomic mass is 10.1. The molecule has 0 amide bonds. The van der Waals surface area contributed by atoms with Crippen LogP contribution in [0.25, 0.3) is 0 Å². The number of aryl methyl sites for hydroxylation is 1. The molecular weight excluding hydrogens is 243 g/mol. The number of fused-ring (bicyclic) bond motifs is 1. The molecule has 2 aromatic carbocycles. The van der Waals surface area contributed by atoms with Gasteiger partial charge in [0.15, 0.2) is 0 Å². The van der Waals surface area contributed by atoms with Crippen molar-refractivity contribution < 1.29 is 14.2 Å². The predicted octanol–water partition coefficient (Wildman–Crippen LogP) is 3.38. The first-order valence-electron chi connectivity index (χ1n) is 6.40. The van der Waals surface area contributed by atoms with Crippen LogP contribution in [0.2, 0.25) is 0 Å². The summed E-state index contributed by atoms with van der Waals surface area (Å²) >= 11 is 0. The van der Waals surface area contributed by atoms with Gasteiger partial charge >= 0.3 is 0 Å². The van der Waals surface area contributed by atoms with Crippen molar-refractivity contribution in [1.29, 1.82) is 0 Å². The van der Waals surface area contributed by atoms with Gasteiger partial charge in [0.05, 0.1) is 6.10 Å². The number of aliphatic hydroxyl groups excluding tert-OH is 1. The molecule has 0 radical (unpaired) electrons. The molecule has 98 valence electrons. The third-order valence-electron chi connectivity index (χ3n) is 3.48. The average molecular weight is 258 g/mol. The molecule has 1 aliphatic carbocycles. The number of benzene rings is 2. The summed E-state index contributed by atoms with van der Waals surface area (Å²) in [5, 5.41) is 9.73. The van der Waals surface area contributed by atoms with E-state index in [-0.39, 0.29) is 11.9 Å². The Kier molecular flexibility index (Phi) is 3.22. The second-order valence-corrected chi connectivity index (χ2v) is 4.83. The molecule has 0 fully saturated rings. The van der Waals surface area contributed by atoms with Crippen LogP contribution >= 0.6 is 0 Å². The van der Waals surface area contributed by atoms with Crippen molar-refractivity contribution in [2.75, 3.05) is 0 Å². The number of aliphatic hydroxyl groups is 1. The van der Waals surface area contributed by atoms with E-state index < -0.39 is 0 Å². The van der Waals surface area contributed by atoms with Gasteiger partial charge in [0.1, 0.15) is 18.2 Å². The maximum atomic E-state index is 12.8. The Morgan fingerprint density at radius 1 is 1.16 bits per heavy atom. The number of halogens is 1. The number of hydrogen-bond donors (Lipinski definition) is 1. The van der Waals surface area contributed by atoms with Crippen molar-refractivity contribution in [3.05, 3.63) is 65.0 Å². The van der Waals surface area contributed by atoms with Crippen molar-refractivity contribution in [3.8, 4) is 5.75 Å². The van der Waals surface area contributed by atoms with E-state index in [0.717, 1.165) is 35.3 Å². The van der Waals surface area contributed by atoms with Crippen molar-refractivity contribution in [1.82, 2.24) is 0 Å². The van der Waals surface area contributed by atoms with Gasteiger partial charge in [0.25, 0.3) is 0 Å². The zero-order chi connectivity index (χ0) is 13.2. The van der Waals surface area contributed by atoms with E-state index in [0.29, 0.717) is 6.61 Å². The number of ether oxygens (including phenoxy) is 1. The van der Waals surface area contributed by atoms with Gasteiger partial charge in [-0.1, -0.05) is 18.2 Å². The molecule has 2 nitrogen and oxygen atoms in total. The first kappa shape index (κ1) is 12.2. The molecule has 0 aliphatic heterocycles. The highest BCUT2D eigenvalue weighted by Crippen LogP contribution is 2.33. The Morgan fingerprint density at radius 2 is 1.95 bits per heavy atom. The maximum absolute atomic E-state index is 12.8. The Hall–Kier alpha value is -1.87. The predicted molar refractivity (Wildman–Crippen MR) is 70.5 cm³/mol. The molecular formula is C16H15FO2. The fourth-order valence-corrected chi connectivity index (χ4v) is 2.41. The molecule has 3 heteroatoms. The smallest absolute Gasteiger partial charge is 0.123 e. The lowest BCUT2D eigenvalue weighted by Crippen LogP contribution is -1.97. The average Bonchev–Trinajstić information content (AvgIpc) is 2.79. The summed E-state index contributed by atoms with van der Waals surface area (Å²) in [4.78, 5) is 0. The van der Waals surface area contributed by atoms with Gasteiger partial charge in [0.2, 0.25) is 0 Å². The minimum absolute atomic E-state index is 0.240. The van der Waals surface area contributed by atoms with Crippen LogP contribution in [0, 0.1) is 5.82 Å². The van der Waals surface area contributed by atoms with Gasteiger partial charge < -0.3 is 9.84 Å². The topological polar surface area (TPSA) is 29.5 Å². The lowest BCUT2D eigenvalue weighted by molar-refractivity contribution is 0.180. The van der Waals surface area contributed by atoms with Gasteiger partial charge in [-0.2, -0.15) is 0 Å². The molecule has 0 bridgehead atoms. The van der Waals surface area contributed by atoms with E-state index >= 15 is 0 Å². The molecule has 1 N–H and O–H groups in total. The highest BCUT2D eigenvalue weighted by atomic mass is 19.1. The SMILES string of the molecule is OC1CCc2cc(OCc3ccc(F)cc3)ccc21. The van der Waals surface area contributed by atoms with Crippen molar-refractivity contribution in [3.63, 3.8) is 0 Å². The van der Waals surface area contributed by atoms with Crippen molar-refractivity contribution in [2.24, 2.45) is 0 Å². The Labute approximate surface area is 111 Å². The zero-order valence-electron chi connectivity index (χ0n) is 10.5. The number of rotatable bonds is 3. The van der Waals surface area contributed by atoms with Crippen LogP contribution in [0.3, 0.4) is 0 Å². The molecule has 0 saturated heterocycles. The first-order valence-corrected chi connectivity index (χ1v) is 6.40. The van der Waals surface area contributed by atoms with E-state index in [1.165, 1.54) is 12.1 Å². The second kappa shape index (κ2) is 5.02. The molecule has 19 heavy (non-hydrogen) atoms. The van der Waals surface area contributed by atoms with Crippen molar-refractivity contribution in [2.45, 2.75) is 25.6 Å². The fourth-order valence-electron chi connectivity index (χ4n) is 2.41. The van der Waals surface area contributed by atoms with Crippen LogP contribution in [0.4, 0.5) is 4.39 Å². The zero-order valence-corrected chi connectivity index (χ0v) is 10.5. The summed E-state index contributed by atoms with van der Waals surface area (Å²) in [6.07, 6.45) is 1.35. The minimum atomic E-state index is -0.332. The van der Waals surface area contributed by atoms with Crippen LogP contribution in [0.1, 0.15) is 29.2 Å². The van der Waals surface area contributed by atoms with E-state index in [1.807, 2.05) is 18.2 Å². The molecule has 0 aromatic heterocycles. The normalized spacial score (nSPS) is 17.3. The van der Waals surface area contributed by atoms with Gasteiger partial charge in [-0.3, -0.25) is 0 Å². The van der Waals surface area contributed by atoms with Gasteiger partial charge in [-0.25, -0.2) is 4.39 Å². The Bertz CT molecular complexity index is 578. The third-order valence-corrected chi connectivity index (χ3v) is 3.48. The van der Waals surface area contributed by atoms with Crippen molar-refractivity contribution >= 4 is 0 Å². The van der Waals surface area contributed by atoms with E-state index in [2.05, 4.69) is 0 Å². The van der Waals surface area contributed by atoms with E-state index in [9.17, 15) is 9.50 Å². The third kappa shape index (κ3) is 2.61. The Balaban J connectivity index is 1.69. The van der Waals surface area contributed by atoms with Crippen LogP contribution in [-0.4, -0.2) is 5.11 Å². The summed E-state index contributed by atoms with van der Waals surface area (Å²) in [6.45, 7) is 0.418. The molecule has 0 heterocycles. The molecule has 1 aliphatic rings. The summed E-state index contributed by atoms with van der Waals surface area (Å²) in [5.41, 5.74) is 3.10. The van der Waals surface area contributed by atoms with Gasteiger partial charge in [-0.05, 0) is 53.8 Å². The Morgan fingerprint density at radius 3 is 2.74 bits per heavy atom. The molecule has 3 rings (SSSR count). The standard InChI is InChI=1S/C16H15FO2/c17-13-4-1-11(2-5-13)10-19-14-6-7-15-12(9-14)3-8-16(15)18/h1-2,4-7,9,16,18H,3,8,10H2. The summed E-state index contributed by atoms with van der Waals surface area (Å²) in [7, 11) is 0. The summed E-state index contributed by atoms with van der Waals surface area (Å²) < 4.78 is 18.5. The second-order valence-electron chi connectivity index (χ2n) is 4.83. The van der Waals surface area contributed by atoms with Crippen LogP contribution in [0.15, 0.2) is 42.5 Å². The first-order chi connectivity index (χ1) is 9.22. The molecule has 0 saturated carbocycles. The number of hydrogen-bond acceptors (Lipinski definition) is 2. The van der Waals surface area contributed by atoms with Crippen LogP contribution in [-0.2, 0) is 13.0 Å². The molecule has 1 unspecified atom stereocenters.